The standard InChI is InChI=1S/C20H22ClF2N5O3S/c21-15-11-14(19(29)26-13-4-7-25-16(10-13)32(24,30)31)18(27-17(15)12-2-3-12)28-8-1-5-20(22,23)6-9-28/h4,7,10-12H,1-3,5-6,8-9H2,(H2,24,30,31)(H,25,26,29). The lowest BCUT2D eigenvalue weighted by atomic mass is 10.1. The maximum absolute atomic E-state index is 13.9. The summed E-state index contributed by atoms with van der Waals surface area (Å²) in [6.45, 7) is 0.385. The topological polar surface area (TPSA) is 118 Å². The SMILES string of the molecule is NS(=O)(=O)c1cc(NC(=O)c2cc(Cl)c(C3CC3)nc2N2CCCC(F)(F)CC2)ccn1. The molecule has 3 heterocycles. The predicted molar refractivity (Wildman–Crippen MR) is 116 cm³/mol. The molecule has 2 aromatic heterocycles. The fourth-order valence-electron chi connectivity index (χ4n) is 3.66. The van der Waals surface area contributed by atoms with Crippen LogP contribution in [-0.4, -0.2) is 43.3 Å². The number of halogens is 3. The molecule has 1 aliphatic heterocycles. The van der Waals surface area contributed by atoms with Crippen LogP contribution in [0.3, 0.4) is 0 Å². The van der Waals surface area contributed by atoms with Crippen LogP contribution in [0.1, 0.15) is 54.1 Å². The van der Waals surface area contributed by atoms with Gasteiger partial charge in [-0.1, -0.05) is 11.6 Å². The fourth-order valence-corrected chi connectivity index (χ4v) is 4.47. The van der Waals surface area contributed by atoms with Crippen LogP contribution in [0.2, 0.25) is 5.02 Å². The van der Waals surface area contributed by atoms with Crippen LogP contribution >= 0.6 is 11.6 Å². The van der Waals surface area contributed by atoms with Crippen molar-refractivity contribution in [3.8, 4) is 0 Å². The molecule has 2 fully saturated rings. The van der Waals surface area contributed by atoms with Crippen LogP contribution in [-0.2, 0) is 10.0 Å². The highest BCUT2D eigenvalue weighted by Crippen LogP contribution is 2.44. The van der Waals surface area contributed by atoms with E-state index in [2.05, 4.69) is 15.3 Å². The van der Waals surface area contributed by atoms with Crippen molar-refractivity contribution in [2.24, 2.45) is 5.14 Å². The minimum atomic E-state index is -4.06. The molecule has 12 heteroatoms. The molecule has 0 atom stereocenters. The van der Waals surface area contributed by atoms with Gasteiger partial charge < -0.3 is 10.2 Å². The molecule has 0 aromatic carbocycles. The van der Waals surface area contributed by atoms with Crippen molar-refractivity contribution < 1.29 is 22.0 Å². The molecule has 3 N–H and O–H groups in total. The van der Waals surface area contributed by atoms with Crippen molar-refractivity contribution in [3.05, 3.63) is 40.7 Å². The van der Waals surface area contributed by atoms with E-state index in [1.807, 2.05) is 0 Å². The van der Waals surface area contributed by atoms with Crippen LogP contribution in [0, 0.1) is 0 Å². The van der Waals surface area contributed by atoms with E-state index in [0.717, 1.165) is 18.9 Å². The molecule has 1 amide bonds. The van der Waals surface area contributed by atoms with Gasteiger partial charge in [-0.25, -0.2) is 32.3 Å². The van der Waals surface area contributed by atoms with Gasteiger partial charge in [0.1, 0.15) is 5.82 Å². The van der Waals surface area contributed by atoms with Gasteiger partial charge in [-0.2, -0.15) is 0 Å². The minimum absolute atomic E-state index is 0.0524. The number of alkyl halides is 2. The highest BCUT2D eigenvalue weighted by molar-refractivity contribution is 7.89. The van der Waals surface area contributed by atoms with E-state index in [4.69, 9.17) is 16.7 Å². The first-order valence-electron chi connectivity index (χ1n) is 10.2. The molecule has 2 aromatic rings. The highest BCUT2D eigenvalue weighted by Gasteiger charge is 2.35. The van der Waals surface area contributed by atoms with Crippen LogP contribution < -0.4 is 15.4 Å². The Balaban J connectivity index is 1.68. The number of rotatable bonds is 5. The number of pyridine rings is 2. The van der Waals surface area contributed by atoms with Gasteiger partial charge in [0.2, 0.25) is 5.92 Å². The summed E-state index contributed by atoms with van der Waals surface area (Å²) in [6, 6.07) is 4.04. The first-order chi connectivity index (χ1) is 15.0. The molecule has 1 aliphatic carbocycles. The van der Waals surface area contributed by atoms with E-state index in [9.17, 15) is 22.0 Å². The van der Waals surface area contributed by atoms with Gasteiger partial charge in [-0.05, 0) is 31.4 Å². The number of nitrogens with two attached hydrogens (primary N) is 1. The second-order valence-corrected chi connectivity index (χ2v) is 9.99. The molecule has 4 rings (SSSR count). The Kier molecular flexibility index (Phi) is 6.08. The maximum atomic E-state index is 13.9. The lowest BCUT2D eigenvalue weighted by molar-refractivity contribution is -0.0102. The molecule has 172 valence electrons. The minimum Gasteiger partial charge on any atom is -0.356 e. The zero-order chi connectivity index (χ0) is 23.1. The van der Waals surface area contributed by atoms with Gasteiger partial charge in [0.15, 0.2) is 5.03 Å². The largest absolute Gasteiger partial charge is 0.356 e. The highest BCUT2D eigenvalue weighted by atomic mass is 35.5. The van der Waals surface area contributed by atoms with Gasteiger partial charge in [-0.15, -0.1) is 0 Å². The first-order valence-corrected chi connectivity index (χ1v) is 12.1. The number of nitrogens with zero attached hydrogens (tertiary/aromatic N) is 3. The summed E-state index contributed by atoms with van der Waals surface area (Å²) < 4.78 is 50.9. The van der Waals surface area contributed by atoms with E-state index in [1.54, 1.807) is 4.90 Å². The average molecular weight is 486 g/mol. The summed E-state index contributed by atoms with van der Waals surface area (Å²) in [6.07, 6.45) is 2.78. The summed E-state index contributed by atoms with van der Waals surface area (Å²) >= 11 is 6.40. The summed E-state index contributed by atoms with van der Waals surface area (Å²) in [4.78, 5) is 23.1. The second kappa shape index (κ2) is 8.53. The molecule has 0 bridgehead atoms. The smallest absolute Gasteiger partial charge is 0.259 e. The summed E-state index contributed by atoms with van der Waals surface area (Å²) in [7, 11) is -4.06. The van der Waals surface area contributed by atoms with Crippen molar-refractivity contribution in [2.75, 3.05) is 23.3 Å². The summed E-state index contributed by atoms with van der Waals surface area (Å²) in [5.74, 6) is -2.86. The quantitative estimate of drug-likeness (QED) is 0.668. The van der Waals surface area contributed by atoms with E-state index in [-0.39, 0.29) is 43.0 Å². The zero-order valence-electron chi connectivity index (χ0n) is 17.0. The van der Waals surface area contributed by atoms with Crippen LogP contribution in [0.5, 0.6) is 0 Å². The van der Waals surface area contributed by atoms with Crippen molar-refractivity contribution in [1.82, 2.24) is 9.97 Å². The molecule has 1 saturated heterocycles. The molecule has 2 aliphatic rings. The van der Waals surface area contributed by atoms with E-state index >= 15 is 0 Å². The Morgan fingerprint density at radius 1 is 1.25 bits per heavy atom. The Hall–Kier alpha value is -2.37. The van der Waals surface area contributed by atoms with Gasteiger partial charge in [0, 0.05) is 49.8 Å². The van der Waals surface area contributed by atoms with E-state index in [1.165, 1.54) is 18.3 Å². The van der Waals surface area contributed by atoms with Gasteiger partial charge >= 0.3 is 0 Å². The van der Waals surface area contributed by atoms with Gasteiger partial charge in [0.25, 0.3) is 15.9 Å². The number of amides is 1. The van der Waals surface area contributed by atoms with Crippen LogP contribution in [0.15, 0.2) is 29.4 Å². The predicted octanol–water partition coefficient (Wildman–Crippen LogP) is 3.53. The lowest BCUT2D eigenvalue weighted by Crippen LogP contribution is -2.30. The lowest BCUT2D eigenvalue weighted by Gasteiger charge is -2.25. The average Bonchev–Trinajstić information content (AvgIpc) is 3.56. The number of hydrogen-bond donors (Lipinski definition) is 2. The Labute approximate surface area is 189 Å². The Morgan fingerprint density at radius 2 is 2.00 bits per heavy atom. The van der Waals surface area contributed by atoms with Gasteiger partial charge in [0.05, 0.1) is 16.3 Å². The summed E-state index contributed by atoms with van der Waals surface area (Å²) in [5, 5.41) is 7.64. The molecule has 1 saturated carbocycles. The van der Waals surface area contributed by atoms with Crippen molar-refractivity contribution in [1.29, 1.82) is 0 Å². The number of anilines is 2. The molecule has 8 nitrogen and oxygen atoms in total. The normalized spacial score (nSPS) is 18.8. The number of primary sulfonamides is 1. The van der Waals surface area contributed by atoms with Crippen molar-refractivity contribution in [2.45, 2.75) is 49.0 Å². The van der Waals surface area contributed by atoms with Gasteiger partial charge in [-0.3, -0.25) is 4.79 Å². The van der Waals surface area contributed by atoms with Crippen LogP contribution in [0.25, 0.3) is 0 Å². The number of hydrogen-bond acceptors (Lipinski definition) is 6. The number of aromatic nitrogens is 2. The molecule has 0 radical (unpaired) electrons. The fraction of sp³-hybridized carbons (Fsp3) is 0.450. The third kappa shape index (κ3) is 5.16. The van der Waals surface area contributed by atoms with Crippen molar-refractivity contribution >= 4 is 39.0 Å². The Bertz CT molecular complexity index is 1160. The first kappa shape index (κ1) is 22.8. The Morgan fingerprint density at radius 3 is 2.69 bits per heavy atom. The van der Waals surface area contributed by atoms with Crippen LogP contribution in [0.4, 0.5) is 20.3 Å². The van der Waals surface area contributed by atoms with E-state index in [0.29, 0.717) is 23.1 Å². The second-order valence-electron chi connectivity index (χ2n) is 8.08. The molecular formula is C20H22ClF2N5O3S. The monoisotopic (exact) mass is 485 g/mol. The number of carbonyl (C=O) groups excluding carboxylic acids is 1. The molecule has 32 heavy (non-hydrogen) atoms. The number of carbonyl (C=O) groups is 1. The zero-order valence-corrected chi connectivity index (χ0v) is 18.6. The third-order valence-electron chi connectivity index (χ3n) is 5.49. The maximum Gasteiger partial charge on any atom is 0.259 e. The van der Waals surface area contributed by atoms with E-state index < -0.39 is 26.9 Å². The molecule has 0 unspecified atom stereocenters. The molecule has 0 spiro atoms. The number of nitrogens with one attached hydrogen (secondary N) is 1. The summed E-state index contributed by atoms with van der Waals surface area (Å²) in [5.41, 5.74) is 0.943. The third-order valence-corrected chi connectivity index (χ3v) is 6.60. The van der Waals surface area contributed by atoms with Crippen molar-refractivity contribution in [3.63, 3.8) is 0 Å². The number of sulfonamides is 1. The molecular weight excluding hydrogens is 464 g/mol.